The molecule has 8 heteroatoms. The molecule has 2 unspecified atom stereocenters. The highest BCUT2D eigenvalue weighted by molar-refractivity contribution is 5.83. The molecule has 2 aromatic heterocycles. The average molecular weight is 503 g/mol. The topological polar surface area (TPSA) is 86.0 Å². The number of hydrogen-bond acceptors (Lipinski definition) is 6. The predicted molar refractivity (Wildman–Crippen MR) is 146 cm³/mol. The lowest BCUT2D eigenvalue weighted by atomic mass is 10.0. The van der Waals surface area contributed by atoms with E-state index >= 15 is 0 Å². The Morgan fingerprint density at radius 1 is 1.16 bits per heavy atom. The number of benzene rings is 1. The Bertz CT molecular complexity index is 1270. The van der Waals surface area contributed by atoms with Gasteiger partial charge in [0.25, 0.3) is 0 Å². The molecule has 196 valence electrons. The van der Waals surface area contributed by atoms with Gasteiger partial charge >= 0.3 is 0 Å². The minimum atomic E-state index is -0.557. The lowest BCUT2D eigenvalue weighted by Gasteiger charge is -2.35. The van der Waals surface area contributed by atoms with Gasteiger partial charge in [-0.05, 0) is 50.4 Å². The van der Waals surface area contributed by atoms with Gasteiger partial charge in [0.1, 0.15) is 6.04 Å². The zero-order chi connectivity index (χ0) is 25.9. The molecule has 2 aliphatic rings. The normalized spacial score (nSPS) is 20.9. The summed E-state index contributed by atoms with van der Waals surface area (Å²) in [6.07, 6.45) is 6.17. The summed E-state index contributed by atoms with van der Waals surface area (Å²) >= 11 is 0. The largest absolute Gasteiger partial charge is 0.391 e. The number of carbonyl (C=O) groups is 1. The third-order valence-corrected chi connectivity index (χ3v) is 7.58. The highest BCUT2D eigenvalue weighted by Gasteiger charge is 2.35. The molecule has 5 rings (SSSR count). The molecule has 2 saturated heterocycles. The molecule has 2 N–H and O–H groups in total. The van der Waals surface area contributed by atoms with Crippen LogP contribution >= 0.6 is 0 Å². The van der Waals surface area contributed by atoms with Crippen molar-refractivity contribution < 1.29 is 9.90 Å². The van der Waals surface area contributed by atoms with Crippen LogP contribution in [0.2, 0.25) is 0 Å². The van der Waals surface area contributed by atoms with Crippen molar-refractivity contribution >= 4 is 17.6 Å². The maximum atomic E-state index is 12.6. The Labute approximate surface area is 219 Å². The maximum Gasteiger partial charge on any atom is 0.242 e. The summed E-state index contributed by atoms with van der Waals surface area (Å²) in [5.74, 6) is 0.0384. The van der Waals surface area contributed by atoms with Gasteiger partial charge in [0.2, 0.25) is 5.91 Å². The van der Waals surface area contributed by atoms with Gasteiger partial charge in [0.05, 0.1) is 11.8 Å². The molecular formula is C29H38N6O2. The molecule has 2 aliphatic heterocycles. The van der Waals surface area contributed by atoms with E-state index in [2.05, 4.69) is 66.5 Å². The average Bonchev–Trinajstić information content (AvgIpc) is 3.48. The second-order valence-electron chi connectivity index (χ2n) is 10.3. The standard InChI is InChI=1S/C29H38N6O2/c1-4-25-24(28-31-20(2)18-21(3)35(28)32-25)19-23-9-7-22(8-10-23)6-5-13-33-14-16-34(17-15-33)29(37)27-26(36)11-12-30-27/h5-10,18,26-27,30,36H,4,11-17,19H2,1-3H3. The quantitative estimate of drug-likeness (QED) is 0.516. The predicted octanol–water partition coefficient (Wildman–Crippen LogP) is 2.38. The number of aromatic nitrogens is 3. The highest BCUT2D eigenvalue weighted by atomic mass is 16.3. The summed E-state index contributed by atoms with van der Waals surface area (Å²) in [4.78, 5) is 21.7. The summed E-state index contributed by atoms with van der Waals surface area (Å²) in [5.41, 5.74) is 7.87. The van der Waals surface area contributed by atoms with Crippen LogP contribution < -0.4 is 5.32 Å². The van der Waals surface area contributed by atoms with Gasteiger partial charge in [-0.15, -0.1) is 0 Å². The number of piperazine rings is 1. The number of hydrogen-bond donors (Lipinski definition) is 2. The first kappa shape index (κ1) is 25.6. The smallest absolute Gasteiger partial charge is 0.242 e. The molecule has 8 nitrogen and oxygen atoms in total. The second-order valence-corrected chi connectivity index (χ2v) is 10.3. The number of fused-ring (bicyclic) bond motifs is 1. The summed E-state index contributed by atoms with van der Waals surface area (Å²) in [7, 11) is 0. The molecule has 0 saturated carbocycles. The van der Waals surface area contributed by atoms with E-state index in [1.165, 1.54) is 16.7 Å². The summed E-state index contributed by atoms with van der Waals surface area (Å²) < 4.78 is 1.98. The van der Waals surface area contributed by atoms with Gasteiger partial charge in [-0.1, -0.05) is 43.3 Å². The third kappa shape index (κ3) is 5.61. The Morgan fingerprint density at radius 2 is 1.92 bits per heavy atom. The summed E-state index contributed by atoms with van der Waals surface area (Å²) in [5, 5.41) is 17.9. The van der Waals surface area contributed by atoms with Crippen molar-refractivity contribution in [3.8, 4) is 0 Å². The van der Waals surface area contributed by atoms with Gasteiger partial charge in [-0.25, -0.2) is 9.50 Å². The van der Waals surface area contributed by atoms with E-state index in [1.54, 1.807) is 0 Å². The maximum absolute atomic E-state index is 12.6. The van der Waals surface area contributed by atoms with Crippen LogP contribution in [0.15, 0.2) is 36.4 Å². The number of aryl methyl sites for hydroxylation is 3. The van der Waals surface area contributed by atoms with Gasteiger partial charge in [0.15, 0.2) is 5.65 Å². The lowest BCUT2D eigenvalue weighted by molar-refractivity contribution is -0.136. The van der Waals surface area contributed by atoms with E-state index in [4.69, 9.17) is 10.1 Å². The first-order valence-electron chi connectivity index (χ1n) is 13.5. The highest BCUT2D eigenvalue weighted by Crippen LogP contribution is 2.21. The van der Waals surface area contributed by atoms with Crippen molar-refractivity contribution in [1.82, 2.24) is 29.7 Å². The first-order chi connectivity index (χ1) is 17.9. The molecule has 2 fully saturated rings. The van der Waals surface area contributed by atoms with Gasteiger partial charge in [0, 0.05) is 56.1 Å². The van der Waals surface area contributed by atoms with Crippen LogP contribution in [0.3, 0.4) is 0 Å². The molecule has 1 aromatic carbocycles. The van der Waals surface area contributed by atoms with Gasteiger partial charge in [-0.2, -0.15) is 5.10 Å². The number of aliphatic hydroxyl groups excluding tert-OH is 1. The van der Waals surface area contributed by atoms with Crippen molar-refractivity contribution in [2.24, 2.45) is 0 Å². The summed E-state index contributed by atoms with van der Waals surface area (Å²) in [6, 6.07) is 10.4. The summed E-state index contributed by atoms with van der Waals surface area (Å²) in [6.45, 7) is 11.0. The number of nitrogens with one attached hydrogen (secondary N) is 1. The van der Waals surface area contributed by atoms with Crippen LogP contribution in [0, 0.1) is 13.8 Å². The van der Waals surface area contributed by atoms with Crippen LogP contribution in [0.5, 0.6) is 0 Å². The van der Waals surface area contributed by atoms with Gasteiger partial charge < -0.3 is 15.3 Å². The Kier molecular flexibility index (Phi) is 7.69. The van der Waals surface area contributed by atoms with Crippen molar-refractivity contribution in [1.29, 1.82) is 0 Å². The Hall–Kier alpha value is -3.07. The minimum Gasteiger partial charge on any atom is -0.391 e. The molecule has 0 bridgehead atoms. The number of rotatable bonds is 7. The number of carbonyl (C=O) groups excluding carboxylic acids is 1. The number of amides is 1. The number of nitrogens with zero attached hydrogens (tertiary/aromatic N) is 5. The zero-order valence-electron chi connectivity index (χ0n) is 22.2. The van der Waals surface area contributed by atoms with E-state index in [1.807, 2.05) is 16.3 Å². The molecular weight excluding hydrogens is 464 g/mol. The van der Waals surface area contributed by atoms with Crippen LogP contribution in [-0.2, 0) is 17.6 Å². The fraction of sp³-hybridized carbons (Fsp3) is 0.483. The van der Waals surface area contributed by atoms with Gasteiger partial charge in [-0.3, -0.25) is 9.69 Å². The molecule has 0 radical (unpaired) electrons. The second kappa shape index (κ2) is 11.1. The van der Waals surface area contributed by atoms with Crippen LogP contribution in [-0.4, -0.2) is 86.8 Å². The molecule has 37 heavy (non-hydrogen) atoms. The lowest BCUT2D eigenvalue weighted by Crippen LogP contribution is -2.54. The van der Waals surface area contributed by atoms with E-state index < -0.39 is 12.1 Å². The SMILES string of the molecule is CCc1nn2c(C)cc(C)nc2c1Cc1ccc(C=CCN2CCN(C(=O)C3NCCC3O)CC2)cc1. The van der Waals surface area contributed by atoms with E-state index in [9.17, 15) is 9.90 Å². The third-order valence-electron chi connectivity index (χ3n) is 7.58. The van der Waals surface area contributed by atoms with Crippen LogP contribution in [0.4, 0.5) is 0 Å². The Morgan fingerprint density at radius 3 is 2.59 bits per heavy atom. The first-order valence-corrected chi connectivity index (χ1v) is 13.5. The molecule has 1 amide bonds. The van der Waals surface area contributed by atoms with Crippen molar-refractivity contribution in [3.05, 3.63) is 70.2 Å². The fourth-order valence-corrected chi connectivity index (χ4v) is 5.45. The minimum absolute atomic E-state index is 0.0384. The molecule has 4 heterocycles. The van der Waals surface area contributed by atoms with E-state index in [-0.39, 0.29) is 5.91 Å². The van der Waals surface area contributed by atoms with E-state index in [0.29, 0.717) is 26.1 Å². The molecule has 3 aromatic rings. The van der Waals surface area contributed by atoms with Crippen molar-refractivity contribution in [3.63, 3.8) is 0 Å². The monoisotopic (exact) mass is 502 g/mol. The zero-order valence-corrected chi connectivity index (χ0v) is 22.2. The van der Waals surface area contributed by atoms with Crippen molar-refractivity contribution in [2.45, 2.75) is 52.2 Å². The van der Waals surface area contributed by atoms with E-state index in [0.717, 1.165) is 55.2 Å². The fourth-order valence-electron chi connectivity index (χ4n) is 5.45. The molecule has 0 spiro atoms. The van der Waals surface area contributed by atoms with Crippen LogP contribution in [0.1, 0.15) is 47.1 Å². The Balaban J connectivity index is 1.15. The van der Waals surface area contributed by atoms with Crippen molar-refractivity contribution in [2.75, 3.05) is 39.3 Å². The molecule has 2 atom stereocenters. The van der Waals surface area contributed by atoms with Crippen LogP contribution in [0.25, 0.3) is 11.7 Å². The number of aliphatic hydroxyl groups is 1. The molecule has 0 aliphatic carbocycles.